The molecule has 102 valence electrons. The molecule has 0 spiro atoms. The van der Waals surface area contributed by atoms with Crippen LogP contribution in [0.4, 0.5) is 8.78 Å². The quantitative estimate of drug-likeness (QED) is 0.847. The van der Waals surface area contributed by atoms with Gasteiger partial charge in [-0.3, -0.25) is 4.90 Å². The van der Waals surface area contributed by atoms with Crippen molar-refractivity contribution in [2.24, 2.45) is 5.73 Å². The molecule has 0 amide bonds. The Morgan fingerprint density at radius 1 is 1.33 bits per heavy atom. The molecule has 0 aliphatic rings. The molecular weight excluding hydrogens is 238 g/mol. The van der Waals surface area contributed by atoms with Crippen LogP contribution >= 0.6 is 0 Å². The molecule has 3 nitrogen and oxygen atoms in total. The average molecular weight is 258 g/mol. The van der Waals surface area contributed by atoms with Crippen LogP contribution in [-0.2, 0) is 4.74 Å². The molecule has 2 atom stereocenters. The summed E-state index contributed by atoms with van der Waals surface area (Å²) in [6, 6.07) is 3.86. The number of nitrogens with two attached hydrogens (primary N) is 1. The smallest absolute Gasteiger partial charge is 0.159 e. The highest BCUT2D eigenvalue weighted by atomic mass is 19.2. The van der Waals surface area contributed by atoms with Crippen LogP contribution in [0.3, 0.4) is 0 Å². The van der Waals surface area contributed by atoms with Crippen LogP contribution in [0.25, 0.3) is 0 Å². The monoisotopic (exact) mass is 258 g/mol. The summed E-state index contributed by atoms with van der Waals surface area (Å²) in [4.78, 5) is 2.00. The van der Waals surface area contributed by atoms with Gasteiger partial charge in [-0.15, -0.1) is 0 Å². The second-order valence-corrected chi connectivity index (χ2v) is 4.39. The van der Waals surface area contributed by atoms with Gasteiger partial charge in [-0.1, -0.05) is 6.07 Å². The van der Waals surface area contributed by atoms with E-state index in [9.17, 15) is 8.78 Å². The standard InChI is InChI=1S/C13H20F2N2O/c1-9(8-18-3)17(2)13(7-16)10-4-5-11(14)12(15)6-10/h4-6,9,13H,7-8,16H2,1-3H3. The normalized spacial score (nSPS) is 14.8. The predicted octanol–water partition coefficient (Wildman–Crippen LogP) is 1.93. The van der Waals surface area contributed by atoms with E-state index in [2.05, 4.69) is 0 Å². The van der Waals surface area contributed by atoms with E-state index >= 15 is 0 Å². The van der Waals surface area contributed by atoms with Crippen LogP contribution in [0, 0.1) is 11.6 Å². The van der Waals surface area contributed by atoms with Crippen molar-refractivity contribution >= 4 is 0 Å². The Balaban J connectivity index is 2.91. The highest BCUT2D eigenvalue weighted by Gasteiger charge is 2.21. The Bertz CT molecular complexity index is 387. The number of halogens is 2. The molecule has 0 fully saturated rings. The molecule has 0 bridgehead atoms. The lowest BCUT2D eigenvalue weighted by molar-refractivity contribution is 0.0909. The second-order valence-electron chi connectivity index (χ2n) is 4.39. The van der Waals surface area contributed by atoms with Crippen LogP contribution in [-0.4, -0.2) is 38.3 Å². The fourth-order valence-corrected chi connectivity index (χ4v) is 1.92. The lowest BCUT2D eigenvalue weighted by atomic mass is 10.0. The molecule has 0 saturated carbocycles. The van der Waals surface area contributed by atoms with Crippen LogP contribution < -0.4 is 5.73 Å². The minimum atomic E-state index is -0.848. The zero-order valence-electron chi connectivity index (χ0n) is 11.0. The van der Waals surface area contributed by atoms with E-state index in [1.807, 2.05) is 18.9 Å². The largest absolute Gasteiger partial charge is 0.383 e. The van der Waals surface area contributed by atoms with Gasteiger partial charge >= 0.3 is 0 Å². The van der Waals surface area contributed by atoms with Crippen LogP contribution in [0.1, 0.15) is 18.5 Å². The van der Waals surface area contributed by atoms with E-state index in [-0.39, 0.29) is 12.1 Å². The molecule has 0 aliphatic carbocycles. The van der Waals surface area contributed by atoms with Gasteiger partial charge in [0.1, 0.15) is 0 Å². The van der Waals surface area contributed by atoms with Crippen molar-refractivity contribution in [3.63, 3.8) is 0 Å². The molecule has 2 unspecified atom stereocenters. The van der Waals surface area contributed by atoms with E-state index in [4.69, 9.17) is 10.5 Å². The first-order chi connectivity index (χ1) is 8.51. The first-order valence-corrected chi connectivity index (χ1v) is 5.87. The average Bonchev–Trinajstić information content (AvgIpc) is 2.34. The fourth-order valence-electron chi connectivity index (χ4n) is 1.92. The van der Waals surface area contributed by atoms with Crippen molar-refractivity contribution in [2.75, 3.05) is 27.3 Å². The van der Waals surface area contributed by atoms with Gasteiger partial charge in [0.05, 0.1) is 6.61 Å². The molecule has 0 saturated heterocycles. The lowest BCUT2D eigenvalue weighted by Gasteiger charge is -2.32. The molecule has 0 aliphatic heterocycles. The third kappa shape index (κ3) is 3.48. The highest BCUT2D eigenvalue weighted by molar-refractivity contribution is 5.22. The van der Waals surface area contributed by atoms with E-state index < -0.39 is 11.6 Å². The summed E-state index contributed by atoms with van der Waals surface area (Å²) in [6.07, 6.45) is 0. The number of ether oxygens (including phenoxy) is 1. The highest BCUT2D eigenvalue weighted by Crippen LogP contribution is 2.22. The number of hydrogen-bond acceptors (Lipinski definition) is 3. The summed E-state index contributed by atoms with van der Waals surface area (Å²) in [5.41, 5.74) is 6.40. The summed E-state index contributed by atoms with van der Waals surface area (Å²) >= 11 is 0. The van der Waals surface area contributed by atoms with Crippen molar-refractivity contribution < 1.29 is 13.5 Å². The summed E-state index contributed by atoms with van der Waals surface area (Å²) in [5.74, 6) is -1.69. The maximum Gasteiger partial charge on any atom is 0.159 e. The van der Waals surface area contributed by atoms with Gasteiger partial charge < -0.3 is 10.5 Å². The summed E-state index contributed by atoms with van der Waals surface area (Å²) in [5, 5.41) is 0. The van der Waals surface area contributed by atoms with Crippen molar-refractivity contribution in [3.05, 3.63) is 35.4 Å². The molecular formula is C13H20F2N2O. The number of nitrogens with zero attached hydrogens (tertiary/aromatic N) is 1. The molecule has 1 aromatic rings. The number of rotatable bonds is 6. The van der Waals surface area contributed by atoms with Gasteiger partial charge in [-0.25, -0.2) is 8.78 Å². The molecule has 1 rings (SSSR count). The molecule has 18 heavy (non-hydrogen) atoms. The van der Waals surface area contributed by atoms with Crippen LogP contribution in [0.2, 0.25) is 0 Å². The van der Waals surface area contributed by atoms with E-state index in [1.54, 1.807) is 13.2 Å². The zero-order chi connectivity index (χ0) is 13.7. The Morgan fingerprint density at radius 2 is 2.00 bits per heavy atom. The van der Waals surface area contributed by atoms with E-state index in [0.29, 0.717) is 18.7 Å². The minimum Gasteiger partial charge on any atom is -0.383 e. The van der Waals surface area contributed by atoms with Gasteiger partial charge in [-0.2, -0.15) is 0 Å². The van der Waals surface area contributed by atoms with Gasteiger partial charge in [0.15, 0.2) is 11.6 Å². The topological polar surface area (TPSA) is 38.5 Å². The molecule has 1 aromatic carbocycles. The van der Waals surface area contributed by atoms with Gasteiger partial charge in [0, 0.05) is 25.7 Å². The van der Waals surface area contributed by atoms with Crippen LogP contribution in [0.5, 0.6) is 0 Å². The number of benzene rings is 1. The second kappa shape index (κ2) is 6.78. The summed E-state index contributed by atoms with van der Waals surface area (Å²) in [6.45, 7) is 2.87. The third-order valence-corrected chi connectivity index (χ3v) is 3.15. The molecule has 0 heterocycles. The Morgan fingerprint density at radius 3 is 2.50 bits per heavy atom. The number of methoxy groups -OCH3 is 1. The Hall–Kier alpha value is -1.04. The van der Waals surface area contributed by atoms with E-state index in [1.165, 1.54) is 6.07 Å². The van der Waals surface area contributed by atoms with Gasteiger partial charge in [-0.05, 0) is 31.7 Å². The summed E-state index contributed by atoms with van der Waals surface area (Å²) in [7, 11) is 3.52. The Kier molecular flexibility index (Phi) is 5.65. The minimum absolute atomic E-state index is 0.136. The first kappa shape index (κ1) is 15.0. The van der Waals surface area contributed by atoms with E-state index in [0.717, 1.165) is 6.07 Å². The lowest BCUT2D eigenvalue weighted by Crippen LogP contribution is -2.39. The number of hydrogen-bond donors (Lipinski definition) is 1. The molecule has 5 heteroatoms. The third-order valence-electron chi connectivity index (χ3n) is 3.15. The maximum atomic E-state index is 13.2. The predicted molar refractivity (Wildman–Crippen MR) is 67.3 cm³/mol. The van der Waals surface area contributed by atoms with Crippen molar-refractivity contribution in [1.82, 2.24) is 4.90 Å². The van der Waals surface area contributed by atoms with Crippen molar-refractivity contribution in [1.29, 1.82) is 0 Å². The summed E-state index contributed by atoms with van der Waals surface area (Å²) < 4.78 is 31.2. The Labute approximate surface area is 107 Å². The molecule has 0 aromatic heterocycles. The zero-order valence-corrected chi connectivity index (χ0v) is 11.0. The van der Waals surface area contributed by atoms with Crippen molar-refractivity contribution in [2.45, 2.75) is 19.0 Å². The number of likely N-dealkylation sites (N-methyl/N-ethyl adjacent to an activating group) is 1. The maximum absolute atomic E-state index is 13.2. The first-order valence-electron chi connectivity index (χ1n) is 5.87. The van der Waals surface area contributed by atoms with Gasteiger partial charge in [0.2, 0.25) is 0 Å². The fraction of sp³-hybridized carbons (Fsp3) is 0.538. The van der Waals surface area contributed by atoms with Gasteiger partial charge in [0.25, 0.3) is 0 Å². The molecule has 2 N–H and O–H groups in total. The van der Waals surface area contributed by atoms with Crippen molar-refractivity contribution in [3.8, 4) is 0 Å². The van der Waals surface area contributed by atoms with Crippen LogP contribution in [0.15, 0.2) is 18.2 Å². The molecule has 0 radical (unpaired) electrons. The SMILES string of the molecule is COCC(C)N(C)C(CN)c1ccc(F)c(F)c1.